The number of aryl methyl sites for hydroxylation is 1. The van der Waals surface area contributed by atoms with E-state index in [1.165, 1.54) is 17.5 Å². The third-order valence-electron chi connectivity index (χ3n) is 4.36. The molecule has 1 fully saturated rings. The summed E-state index contributed by atoms with van der Waals surface area (Å²) in [6, 6.07) is 8.72. The first kappa shape index (κ1) is 13.1. The maximum atomic E-state index is 12.1. The minimum atomic E-state index is 0.119. The fourth-order valence-corrected chi connectivity index (χ4v) is 2.68. The average molecular weight is 245 g/mol. The van der Waals surface area contributed by atoms with Crippen LogP contribution in [0.15, 0.2) is 24.3 Å². The minimum Gasteiger partial charge on any atom is -0.346 e. The van der Waals surface area contributed by atoms with Gasteiger partial charge in [-0.25, -0.2) is 0 Å². The molecule has 1 aliphatic carbocycles. The molecule has 0 heterocycles. The second-order valence-electron chi connectivity index (χ2n) is 5.58. The predicted octanol–water partition coefficient (Wildman–Crippen LogP) is 3.29. The van der Waals surface area contributed by atoms with Crippen LogP contribution in [0.5, 0.6) is 0 Å². The van der Waals surface area contributed by atoms with Crippen LogP contribution in [0.1, 0.15) is 43.7 Å². The number of hydrogen-bond acceptors (Lipinski definition) is 1. The maximum absolute atomic E-state index is 12.1. The van der Waals surface area contributed by atoms with E-state index in [-0.39, 0.29) is 11.3 Å². The Hall–Kier alpha value is -1.31. The first-order chi connectivity index (χ1) is 8.57. The van der Waals surface area contributed by atoms with Crippen LogP contribution in [-0.4, -0.2) is 24.4 Å². The smallest absolute Gasteiger partial charge is 0.223 e. The molecule has 0 bridgehead atoms. The Kier molecular flexibility index (Phi) is 3.74. The second-order valence-corrected chi connectivity index (χ2v) is 5.58. The van der Waals surface area contributed by atoms with E-state index in [1.807, 2.05) is 18.9 Å². The second kappa shape index (κ2) is 5.13. The van der Waals surface area contributed by atoms with Crippen molar-refractivity contribution in [2.75, 3.05) is 13.6 Å². The molecule has 0 aromatic heterocycles. The molecule has 0 aliphatic heterocycles. The van der Waals surface area contributed by atoms with Gasteiger partial charge in [-0.15, -0.1) is 0 Å². The van der Waals surface area contributed by atoms with Gasteiger partial charge in [0.1, 0.15) is 0 Å². The monoisotopic (exact) mass is 245 g/mol. The topological polar surface area (TPSA) is 20.3 Å². The molecule has 2 nitrogen and oxygen atoms in total. The van der Waals surface area contributed by atoms with Crippen molar-refractivity contribution < 1.29 is 4.79 Å². The van der Waals surface area contributed by atoms with Crippen molar-refractivity contribution in [1.29, 1.82) is 0 Å². The number of benzene rings is 1. The van der Waals surface area contributed by atoms with Crippen molar-refractivity contribution in [2.24, 2.45) is 0 Å². The van der Waals surface area contributed by atoms with Crippen molar-refractivity contribution in [1.82, 2.24) is 4.90 Å². The van der Waals surface area contributed by atoms with Crippen LogP contribution >= 0.6 is 0 Å². The van der Waals surface area contributed by atoms with E-state index in [9.17, 15) is 4.79 Å². The zero-order valence-corrected chi connectivity index (χ0v) is 11.7. The summed E-state index contributed by atoms with van der Waals surface area (Å²) < 4.78 is 0. The molecule has 0 N–H and O–H groups in total. The van der Waals surface area contributed by atoms with Crippen molar-refractivity contribution in [3.63, 3.8) is 0 Å². The molecule has 0 atom stereocenters. The van der Waals surface area contributed by atoms with Gasteiger partial charge in [-0.05, 0) is 32.3 Å². The van der Waals surface area contributed by atoms with E-state index < -0.39 is 0 Å². The Bertz CT molecular complexity index is 417. The molecule has 0 unspecified atom stereocenters. The Morgan fingerprint density at radius 2 is 1.89 bits per heavy atom. The molecular formula is C16H23NO. The molecule has 0 spiro atoms. The molecule has 2 rings (SSSR count). The predicted molar refractivity (Wildman–Crippen MR) is 74.6 cm³/mol. The lowest BCUT2D eigenvalue weighted by molar-refractivity contribution is -0.132. The van der Waals surface area contributed by atoms with Gasteiger partial charge in [0, 0.05) is 25.4 Å². The Morgan fingerprint density at radius 3 is 2.33 bits per heavy atom. The molecule has 0 radical (unpaired) electrons. The van der Waals surface area contributed by atoms with Crippen LogP contribution in [-0.2, 0) is 10.2 Å². The summed E-state index contributed by atoms with van der Waals surface area (Å²) in [5.74, 6) is 0.276. The van der Waals surface area contributed by atoms with Gasteiger partial charge in [0.2, 0.25) is 5.91 Å². The van der Waals surface area contributed by atoms with E-state index in [2.05, 4.69) is 31.2 Å². The van der Waals surface area contributed by atoms with Crippen LogP contribution in [0.3, 0.4) is 0 Å². The summed E-state index contributed by atoms with van der Waals surface area (Å²) in [6.07, 6.45) is 4.22. The lowest BCUT2D eigenvalue weighted by Crippen LogP contribution is -2.40. The quantitative estimate of drug-likeness (QED) is 0.797. The van der Waals surface area contributed by atoms with Crippen LogP contribution < -0.4 is 0 Å². The molecule has 2 heteroatoms. The van der Waals surface area contributed by atoms with E-state index in [0.29, 0.717) is 6.42 Å². The number of rotatable bonds is 4. The van der Waals surface area contributed by atoms with Crippen LogP contribution in [0.2, 0.25) is 0 Å². The lowest BCUT2D eigenvalue weighted by Gasteiger charge is -2.43. The number of carbonyl (C=O) groups is 1. The largest absolute Gasteiger partial charge is 0.346 e. The highest BCUT2D eigenvalue weighted by Crippen LogP contribution is 2.46. The molecular weight excluding hydrogens is 222 g/mol. The molecule has 0 saturated heterocycles. The number of hydrogen-bond donors (Lipinski definition) is 0. The Morgan fingerprint density at radius 1 is 1.28 bits per heavy atom. The number of nitrogens with zero attached hydrogens (tertiary/aromatic N) is 1. The van der Waals surface area contributed by atoms with E-state index >= 15 is 0 Å². The molecule has 1 aromatic carbocycles. The maximum Gasteiger partial charge on any atom is 0.223 e. The Labute approximate surface area is 110 Å². The molecule has 1 amide bonds. The van der Waals surface area contributed by atoms with Crippen LogP contribution in [0.25, 0.3) is 0 Å². The van der Waals surface area contributed by atoms with E-state index in [1.54, 1.807) is 0 Å². The highest BCUT2D eigenvalue weighted by molar-refractivity contribution is 5.77. The van der Waals surface area contributed by atoms with Gasteiger partial charge in [-0.3, -0.25) is 4.79 Å². The van der Waals surface area contributed by atoms with E-state index in [0.717, 1.165) is 19.4 Å². The highest BCUT2D eigenvalue weighted by atomic mass is 16.2. The molecule has 1 aromatic rings. The zero-order chi connectivity index (χ0) is 13.2. The summed E-state index contributed by atoms with van der Waals surface area (Å²) in [5.41, 5.74) is 2.75. The van der Waals surface area contributed by atoms with Crippen molar-refractivity contribution in [3.8, 4) is 0 Å². The average Bonchev–Trinajstić information content (AvgIpc) is 2.33. The van der Waals surface area contributed by atoms with Gasteiger partial charge < -0.3 is 4.90 Å². The van der Waals surface area contributed by atoms with Crippen molar-refractivity contribution >= 4 is 5.91 Å². The third-order valence-corrected chi connectivity index (χ3v) is 4.36. The first-order valence-corrected chi connectivity index (χ1v) is 6.88. The standard InChI is InChI=1S/C16H23NO/c1-4-17(3)15(18)12-16(10-5-11-16)14-8-6-13(2)7-9-14/h6-9H,4-5,10-12H2,1-3H3. The van der Waals surface area contributed by atoms with Gasteiger partial charge in [0.05, 0.1) is 0 Å². The fraction of sp³-hybridized carbons (Fsp3) is 0.562. The van der Waals surface area contributed by atoms with Gasteiger partial charge in [0.15, 0.2) is 0 Å². The van der Waals surface area contributed by atoms with E-state index in [4.69, 9.17) is 0 Å². The Balaban J connectivity index is 2.16. The van der Waals surface area contributed by atoms with Crippen LogP contribution in [0, 0.1) is 6.92 Å². The minimum absolute atomic E-state index is 0.119. The fourth-order valence-electron chi connectivity index (χ4n) is 2.68. The molecule has 1 saturated carbocycles. The van der Waals surface area contributed by atoms with Crippen molar-refractivity contribution in [3.05, 3.63) is 35.4 Å². The summed E-state index contributed by atoms with van der Waals surface area (Å²) in [6.45, 7) is 4.92. The van der Waals surface area contributed by atoms with Crippen LogP contribution in [0.4, 0.5) is 0 Å². The summed E-state index contributed by atoms with van der Waals surface area (Å²) in [7, 11) is 1.89. The van der Waals surface area contributed by atoms with Gasteiger partial charge in [-0.2, -0.15) is 0 Å². The first-order valence-electron chi connectivity index (χ1n) is 6.88. The highest BCUT2D eigenvalue weighted by Gasteiger charge is 2.40. The SMILES string of the molecule is CCN(C)C(=O)CC1(c2ccc(C)cc2)CCC1. The number of carbonyl (C=O) groups excluding carboxylic acids is 1. The molecule has 18 heavy (non-hydrogen) atoms. The van der Waals surface area contributed by atoms with Gasteiger partial charge >= 0.3 is 0 Å². The summed E-state index contributed by atoms with van der Waals surface area (Å²) >= 11 is 0. The van der Waals surface area contributed by atoms with Gasteiger partial charge in [0.25, 0.3) is 0 Å². The summed E-state index contributed by atoms with van der Waals surface area (Å²) in [4.78, 5) is 14.0. The summed E-state index contributed by atoms with van der Waals surface area (Å²) in [5, 5.41) is 0. The molecule has 1 aliphatic rings. The number of amides is 1. The normalized spacial score (nSPS) is 17.1. The lowest BCUT2D eigenvalue weighted by atomic mass is 9.62. The zero-order valence-electron chi connectivity index (χ0n) is 11.7. The van der Waals surface area contributed by atoms with Crippen molar-refractivity contribution in [2.45, 2.75) is 44.9 Å². The third kappa shape index (κ3) is 2.43. The van der Waals surface area contributed by atoms with Gasteiger partial charge in [-0.1, -0.05) is 36.2 Å². The molecule has 98 valence electrons.